The number of halogens is 3. The van der Waals surface area contributed by atoms with Gasteiger partial charge in [-0.05, 0) is 35.7 Å². The molecule has 0 heterocycles. The van der Waals surface area contributed by atoms with Gasteiger partial charge in [-0.3, -0.25) is 4.79 Å². The molecule has 0 unspecified atom stereocenters. The highest BCUT2D eigenvalue weighted by molar-refractivity contribution is 5.98. The van der Waals surface area contributed by atoms with Crippen molar-refractivity contribution in [3.8, 4) is 0 Å². The summed E-state index contributed by atoms with van der Waals surface area (Å²) in [5.41, 5.74) is 5.44. The summed E-state index contributed by atoms with van der Waals surface area (Å²) in [6.07, 6.45) is -4.57. The first-order chi connectivity index (χ1) is 12.6. The van der Waals surface area contributed by atoms with Crippen LogP contribution in [0.25, 0.3) is 0 Å². The van der Waals surface area contributed by atoms with Crippen molar-refractivity contribution in [2.24, 2.45) is 0 Å². The standard InChI is InChI=1S/C19H19F3N2O3/c1-11(2)13-5-3-4-6-16(13)24-17(25)10-27-18(26)14-8-7-12(9-15(14)23)19(20,21)22/h3-9,11H,10,23H2,1-2H3,(H,24,25). The van der Waals surface area contributed by atoms with E-state index in [2.05, 4.69) is 5.32 Å². The Morgan fingerprint density at radius 1 is 1.15 bits per heavy atom. The first kappa shape index (κ1) is 20.3. The second kappa shape index (κ2) is 8.11. The number of anilines is 2. The number of ether oxygens (including phenoxy) is 1. The average molecular weight is 380 g/mol. The van der Waals surface area contributed by atoms with Crippen LogP contribution >= 0.6 is 0 Å². The monoisotopic (exact) mass is 380 g/mol. The molecule has 0 fully saturated rings. The number of para-hydroxylation sites is 1. The van der Waals surface area contributed by atoms with Gasteiger partial charge >= 0.3 is 12.1 Å². The first-order valence-corrected chi connectivity index (χ1v) is 8.12. The number of hydrogen-bond acceptors (Lipinski definition) is 4. The molecule has 27 heavy (non-hydrogen) atoms. The van der Waals surface area contributed by atoms with Crippen molar-refractivity contribution >= 4 is 23.3 Å². The highest BCUT2D eigenvalue weighted by atomic mass is 19.4. The summed E-state index contributed by atoms with van der Waals surface area (Å²) in [6, 6.07) is 9.50. The summed E-state index contributed by atoms with van der Waals surface area (Å²) < 4.78 is 42.7. The minimum atomic E-state index is -4.57. The number of nitrogens with two attached hydrogens (primary N) is 1. The lowest BCUT2D eigenvalue weighted by Gasteiger charge is -2.14. The van der Waals surface area contributed by atoms with Gasteiger partial charge in [0, 0.05) is 11.4 Å². The number of amides is 1. The highest BCUT2D eigenvalue weighted by Gasteiger charge is 2.31. The van der Waals surface area contributed by atoms with E-state index in [1.165, 1.54) is 0 Å². The van der Waals surface area contributed by atoms with Crippen molar-refractivity contribution in [2.45, 2.75) is 25.9 Å². The summed E-state index contributed by atoms with van der Waals surface area (Å²) in [7, 11) is 0. The van der Waals surface area contributed by atoms with Gasteiger partial charge in [-0.15, -0.1) is 0 Å². The molecular weight excluding hydrogens is 361 g/mol. The molecule has 2 aromatic rings. The van der Waals surface area contributed by atoms with Gasteiger partial charge in [0.05, 0.1) is 11.1 Å². The molecule has 144 valence electrons. The predicted octanol–water partition coefficient (Wildman–Crippen LogP) is 4.21. The smallest absolute Gasteiger partial charge is 0.416 e. The van der Waals surface area contributed by atoms with Crippen LogP contribution in [0.4, 0.5) is 24.5 Å². The second-order valence-corrected chi connectivity index (χ2v) is 6.17. The van der Waals surface area contributed by atoms with E-state index in [-0.39, 0.29) is 17.2 Å². The van der Waals surface area contributed by atoms with E-state index in [1.807, 2.05) is 26.0 Å². The molecule has 5 nitrogen and oxygen atoms in total. The van der Waals surface area contributed by atoms with E-state index in [9.17, 15) is 22.8 Å². The largest absolute Gasteiger partial charge is 0.452 e. The zero-order chi connectivity index (χ0) is 20.2. The third kappa shape index (κ3) is 5.22. The molecule has 0 aliphatic rings. The molecule has 1 amide bonds. The van der Waals surface area contributed by atoms with Crippen LogP contribution < -0.4 is 11.1 Å². The van der Waals surface area contributed by atoms with E-state index >= 15 is 0 Å². The quantitative estimate of drug-likeness (QED) is 0.602. The fourth-order valence-electron chi connectivity index (χ4n) is 2.43. The number of esters is 1. The van der Waals surface area contributed by atoms with Crippen molar-refractivity contribution < 1.29 is 27.5 Å². The minimum Gasteiger partial charge on any atom is -0.452 e. The van der Waals surface area contributed by atoms with Crippen LogP contribution in [0.3, 0.4) is 0 Å². The Bertz CT molecular complexity index is 848. The maximum Gasteiger partial charge on any atom is 0.416 e. The molecule has 2 rings (SSSR count). The molecule has 0 spiro atoms. The van der Waals surface area contributed by atoms with Gasteiger partial charge < -0.3 is 15.8 Å². The third-order valence-electron chi connectivity index (χ3n) is 3.79. The molecular formula is C19H19F3N2O3. The maximum atomic E-state index is 12.6. The van der Waals surface area contributed by atoms with Crippen LogP contribution in [-0.2, 0) is 15.7 Å². The van der Waals surface area contributed by atoms with Crippen LogP contribution in [0.1, 0.15) is 41.3 Å². The summed E-state index contributed by atoms with van der Waals surface area (Å²) in [6.45, 7) is 3.35. The zero-order valence-corrected chi connectivity index (χ0v) is 14.8. The summed E-state index contributed by atoms with van der Waals surface area (Å²) in [5.74, 6) is -1.37. The van der Waals surface area contributed by atoms with Gasteiger partial charge in [0.2, 0.25) is 0 Å². The van der Waals surface area contributed by atoms with Gasteiger partial charge in [-0.2, -0.15) is 13.2 Å². The lowest BCUT2D eigenvalue weighted by Crippen LogP contribution is -2.22. The number of hydrogen-bond donors (Lipinski definition) is 2. The highest BCUT2D eigenvalue weighted by Crippen LogP contribution is 2.31. The molecule has 0 atom stereocenters. The normalized spacial score (nSPS) is 11.3. The molecule has 3 N–H and O–H groups in total. The fourth-order valence-corrected chi connectivity index (χ4v) is 2.43. The van der Waals surface area contributed by atoms with Crippen molar-refractivity contribution in [1.29, 1.82) is 0 Å². The van der Waals surface area contributed by atoms with Crippen LogP contribution in [0.2, 0.25) is 0 Å². The van der Waals surface area contributed by atoms with Crippen LogP contribution in [0.5, 0.6) is 0 Å². The van der Waals surface area contributed by atoms with E-state index in [0.717, 1.165) is 17.7 Å². The molecule has 0 saturated heterocycles. The Labute approximate surface area is 154 Å². The number of rotatable bonds is 5. The number of nitrogen functional groups attached to an aromatic ring is 1. The minimum absolute atomic E-state index is 0.177. The molecule has 0 aliphatic heterocycles. The van der Waals surface area contributed by atoms with Crippen LogP contribution in [0.15, 0.2) is 42.5 Å². The Morgan fingerprint density at radius 2 is 1.81 bits per heavy atom. The lowest BCUT2D eigenvalue weighted by molar-refractivity contribution is -0.137. The summed E-state index contributed by atoms with van der Waals surface area (Å²) in [5, 5.41) is 2.65. The van der Waals surface area contributed by atoms with Crippen LogP contribution in [0, 0.1) is 0 Å². The van der Waals surface area contributed by atoms with E-state index in [4.69, 9.17) is 10.5 Å². The van der Waals surface area contributed by atoms with Gasteiger partial charge in [-0.25, -0.2) is 4.79 Å². The number of benzene rings is 2. The summed E-state index contributed by atoms with van der Waals surface area (Å²) in [4.78, 5) is 24.0. The van der Waals surface area contributed by atoms with Gasteiger partial charge in [0.25, 0.3) is 5.91 Å². The molecule has 8 heteroatoms. The molecule has 2 aromatic carbocycles. The Morgan fingerprint density at radius 3 is 2.41 bits per heavy atom. The van der Waals surface area contributed by atoms with E-state index in [0.29, 0.717) is 11.8 Å². The average Bonchev–Trinajstić information content (AvgIpc) is 2.59. The Balaban J connectivity index is 2.01. The van der Waals surface area contributed by atoms with Crippen molar-refractivity contribution in [3.63, 3.8) is 0 Å². The van der Waals surface area contributed by atoms with Gasteiger partial charge in [-0.1, -0.05) is 32.0 Å². The van der Waals surface area contributed by atoms with Gasteiger partial charge in [0.15, 0.2) is 6.61 Å². The first-order valence-electron chi connectivity index (χ1n) is 8.12. The van der Waals surface area contributed by atoms with Gasteiger partial charge in [0.1, 0.15) is 0 Å². The van der Waals surface area contributed by atoms with E-state index < -0.39 is 30.2 Å². The molecule has 0 bridgehead atoms. The topological polar surface area (TPSA) is 81.4 Å². The van der Waals surface area contributed by atoms with Crippen molar-refractivity contribution in [1.82, 2.24) is 0 Å². The Kier molecular flexibility index (Phi) is 6.09. The number of alkyl halides is 3. The number of carbonyl (C=O) groups is 2. The zero-order valence-electron chi connectivity index (χ0n) is 14.8. The SMILES string of the molecule is CC(C)c1ccccc1NC(=O)COC(=O)c1ccc(C(F)(F)F)cc1N. The lowest BCUT2D eigenvalue weighted by atomic mass is 10.0. The summed E-state index contributed by atoms with van der Waals surface area (Å²) >= 11 is 0. The molecule has 0 aliphatic carbocycles. The number of nitrogens with one attached hydrogen (secondary N) is 1. The second-order valence-electron chi connectivity index (χ2n) is 6.17. The van der Waals surface area contributed by atoms with E-state index in [1.54, 1.807) is 12.1 Å². The third-order valence-corrected chi connectivity index (χ3v) is 3.79. The maximum absolute atomic E-state index is 12.6. The Hall–Kier alpha value is -3.03. The fraction of sp³-hybridized carbons (Fsp3) is 0.263. The number of carbonyl (C=O) groups excluding carboxylic acids is 2. The van der Waals surface area contributed by atoms with Crippen molar-refractivity contribution in [3.05, 3.63) is 59.2 Å². The molecule has 0 saturated carbocycles. The van der Waals surface area contributed by atoms with Crippen molar-refractivity contribution in [2.75, 3.05) is 17.7 Å². The molecule has 0 aromatic heterocycles. The van der Waals surface area contributed by atoms with Crippen LogP contribution in [-0.4, -0.2) is 18.5 Å². The molecule has 0 radical (unpaired) electrons. The predicted molar refractivity (Wildman–Crippen MR) is 95.3 cm³/mol.